The van der Waals surface area contributed by atoms with Gasteiger partial charge in [-0.25, -0.2) is 9.97 Å². The van der Waals surface area contributed by atoms with Crippen LogP contribution in [-0.2, 0) is 4.79 Å². The van der Waals surface area contributed by atoms with Crippen molar-refractivity contribution in [3.8, 4) is 5.95 Å². The smallest absolute Gasteiger partial charge is 0.252 e. The monoisotopic (exact) mass is 347 g/mol. The van der Waals surface area contributed by atoms with Crippen molar-refractivity contribution in [2.75, 3.05) is 5.32 Å². The van der Waals surface area contributed by atoms with E-state index in [1.54, 1.807) is 4.68 Å². The molecule has 3 heterocycles. The van der Waals surface area contributed by atoms with Crippen LogP contribution in [-0.4, -0.2) is 25.7 Å². The molecule has 0 spiro atoms. The highest BCUT2D eigenvalue weighted by atomic mass is 16.1. The first-order valence-electron chi connectivity index (χ1n) is 8.71. The van der Waals surface area contributed by atoms with E-state index in [2.05, 4.69) is 39.4 Å². The minimum Gasteiger partial charge on any atom is -0.310 e. The van der Waals surface area contributed by atoms with Gasteiger partial charge in [0.1, 0.15) is 5.82 Å². The predicted molar refractivity (Wildman–Crippen MR) is 99.6 cm³/mol. The van der Waals surface area contributed by atoms with Gasteiger partial charge in [-0.1, -0.05) is 24.3 Å². The normalized spacial score (nSPS) is 16.3. The summed E-state index contributed by atoms with van der Waals surface area (Å²) >= 11 is 0. The second-order valence-corrected chi connectivity index (χ2v) is 6.87. The van der Waals surface area contributed by atoms with E-state index < -0.39 is 0 Å². The first-order valence-corrected chi connectivity index (χ1v) is 8.71. The molecule has 1 aliphatic rings. The quantitative estimate of drug-likeness (QED) is 0.771. The third-order valence-electron chi connectivity index (χ3n) is 4.83. The largest absolute Gasteiger partial charge is 0.310 e. The highest BCUT2D eigenvalue weighted by Crippen LogP contribution is 2.40. The van der Waals surface area contributed by atoms with E-state index in [0.29, 0.717) is 18.2 Å². The van der Waals surface area contributed by atoms with Gasteiger partial charge in [-0.3, -0.25) is 4.79 Å². The molecule has 6 nitrogen and oxygen atoms in total. The number of carbonyl (C=O) groups is 1. The minimum absolute atomic E-state index is 0.0143. The molecular weight excluding hydrogens is 326 g/mol. The van der Waals surface area contributed by atoms with Gasteiger partial charge >= 0.3 is 0 Å². The van der Waals surface area contributed by atoms with Crippen LogP contribution in [0, 0.1) is 27.7 Å². The molecule has 132 valence electrons. The van der Waals surface area contributed by atoms with Gasteiger partial charge in [-0.2, -0.15) is 9.78 Å². The summed E-state index contributed by atoms with van der Waals surface area (Å²) in [5.41, 5.74) is 6.00. The van der Waals surface area contributed by atoms with Crippen molar-refractivity contribution in [2.45, 2.75) is 40.0 Å². The lowest BCUT2D eigenvalue weighted by atomic mass is 9.84. The Morgan fingerprint density at radius 1 is 1.08 bits per heavy atom. The molecule has 1 atom stereocenters. The molecular formula is C20H21N5O. The third-order valence-corrected chi connectivity index (χ3v) is 4.83. The fraction of sp³-hybridized carbons (Fsp3) is 0.300. The number of nitrogens with zero attached hydrogens (tertiary/aromatic N) is 4. The van der Waals surface area contributed by atoms with E-state index >= 15 is 0 Å². The van der Waals surface area contributed by atoms with Gasteiger partial charge in [0.25, 0.3) is 5.95 Å². The minimum atomic E-state index is -0.0173. The van der Waals surface area contributed by atoms with Crippen LogP contribution in [0.3, 0.4) is 0 Å². The SMILES string of the molecule is Cc1cc(C)nc(-n2nc(C)c3c2NC(=O)C[C@@H]3c2ccccc2C)n1. The molecule has 0 radical (unpaired) electrons. The van der Waals surface area contributed by atoms with Crippen molar-refractivity contribution in [1.29, 1.82) is 0 Å². The summed E-state index contributed by atoms with van der Waals surface area (Å²) in [6.07, 6.45) is 0.415. The number of anilines is 1. The number of hydrogen-bond acceptors (Lipinski definition) is 4. The maximum absolute atomic E-state index is 12.5. The summed E-state index contributed by atoms with van der Waals surface area (Å²) in [5, 5.41) is 7.65. The third kappa shape index (κ3) is 2.67. The summed E-state index contributed by atoms with van der Waals surface area (Å²) in [7, 11) is 0. The Kier molecular flexibility index (Phi) is 3.83. The zero-order valence-electron chi connectivity index (χ0n) is 15.4. The van der Waals surface area contributed by atoms with Crippen molar-refractivity contribution in [1.82, 2.24) is 19.7 Å². The van der Waals surface area contributed by atoms with Gasteiger partial charge in [0.2, 0.25) is 5.91 Å². The fourth-order valence-corrected chi connectivity index (χ4v) is 3.74. The first-order chi connectivity index (χ1) is 12.4. The highest BCUT2D eigenvalue weighted by Gasteiger charge is 2.33. The molecule has 1 aliphatic heterocycles. The summed E-state index contributed by atoms with van der Waals surface area (Å²) < 4.78 is 1.66. The van der Waals surface area contributed by atoms with Crippen LogP contribution in [0.4, 0.5) is 5.82 Å². The van der Waals surface area contributed by atoms with Crippen molar-refractivity contribution < 1.29 is 4.79 Å². The number of amides is 1. The van der Waals surface area contributed by atoms with Gasteiger partial charge in [0.15, 0.2) is 0 Å². The Morgan fingerprint density at radius 2 is 1.77 bits per heavy atom. The lowest BCUT2D eigenvalue weighted by Crippen LogP contribution is -2.25. The van der Waals surface area contributed by atoms with Gasteiger partial charge in [-0.15, -0.1) is 0 Å². The highest BCUT2D eigenvalue weighted by molar-refractivity contribution is 5.95. The molecule has 1 aromatic carbocycles. The van der Waals surface area contributed by atoms with E-state index in [0.717, 1.165) is 28.2 Å². The standard InChI is InChI=1S/C20H21N5O/c1-11-7-5-6-8-15(11)16-10-17(26)23-19-18(16)14(4)24-25(19)20-21-12(2)9-13(3)22-20/h5-9,16H,10H2,1-4H3,(H,23,26)/t16-/m1/s1. The Hall–Kier alpha value is -3.02. The van der Waals surface area contributed by atoms with Crippen LogP contribution in [0.5, 0.6) is 0 Å². The Balaban J connectivity index is 1.92. The predicted octanol–water partition coefficient (Wildman–Crippen LogP) is 3.37. The topological polar surface area (TPSA) is 72.7 Å². The number of fused-ring (bicyclic) bond motifs is 1. The number of nitrogens with one attached hydrogen (secondary N) is 1. The van der Waals surface area contributed by atoms with Gasteiger partial charge in [-0.05, 0) is 44.9 Å². The number of benzene rings is 1. The van der Waals surface area contributed by atoms with E-state index in [9.17, 15) is 4.79 Å². The summed E-state index contributed by atoms with van der Waals surface area (Å²) in [4.78, 5) is 21.5. The summed E-state index contributed by atoms with van der Waals surface area (Å²) in [6.45, 7) is 7.90. The summed E-state index contributed by atoms with van der Waals surface area (Å²) in [6, 6.07) is 10.1. The van der Waals surface area contributed by atoms with E-state index in [1.165, 1.54) is 5.56 Å². The van der Waals surface area contributed by atoms with Crippen LogP contribution in [0.25, 0.3) is 5.95 Å². The van der Waals surface area contributed by atoms with Crippen molar-refractivity contribution in [3.63, 3.8) is 0 Å². The van der Waals surface area contributed by atoms with Gasteiger partial charge < -0.3 is 5.32 Å². The molecule has 0 unspecified atom stereocenters. The average Bonchev–Trinajstić information content (AvgIpc) is 2.90. The number of carbonyl (C=O) groups excluding carboxylic acids is 1. The van der Waals surface area contributed by atoms with Crippen LogP contribution < -0.4 is 5.32 Å². The Bertz CT molecular complexity index is 1000. The second kappa shape index (κ2) is 6.05. The number of aromatic nitrogens is 4. The van der Waals surface area contributed by atoms with Gasteiger partial charge in [0, 0.05) is 29.3 Å². The molecule has 26 heavy (non-hydrogen) atoms. The maximum Gasteiger partial charge on any atom is 0.252 e. The van der Waals surface area contributed by atoms with Crippen molar-refractivity contribution in [3.05, 3.63) is 64.1 Å². The fourth-order valence-electron chi connectivity index (χ4n) is 3.74. The van der Waals surface area contributed by atoms with Crippen molar-refractivity contribution >= 4 is 11.7 Å². The van der Waals surface area contributed by atoms with E-state index in [4.69, 9.17) is 0 Å². The maximum atomic E-state index is 12.5. The molecule has 2 aromatic heterocycles. The summed E-state index contributed by atoms with van der Waals surface area (Å²) in [5.74, 6) is 1.13. The molecule has 0 saturated heterocycles. The molecule has 1 amide bonds. The van der Waals surface area contributed by atoms with Crippen molar-refractivity contribution in [2.24, 2.45) is 0 Å². The lowest BCUT2D eigenvalue weighted by molar-refractivity contribution is -0.116. The molecule has 0 saturated carbocycles. The average molecular weight is 347 g/mol. The molecule has 0 bridgehead atoms. The first kappa shape index (κ1) is 16.4. The Labute approximate surface area is 152 Å². The number of rotatable bonds is 2. The second-order valence-electron chi connectivity index (χ2n) is 6.87. The molecule has 0 aliphatic carbocycles. The molecule has 0 fully saturated rings. The van der Waals surface area contributed by atoms with Crippen LogP contribution in [0.2, 0.25) is 0 Å². The Morgan fingerprint density at radius 3 is 2.46 bits per heavy atom. The van der Waals surface area contributed by atoms with Crippen LogP contribution in [0.1, 0.15) is 46.1 Å². The van der Waals surface area contributed by atoms with E-state index in [1.807, 2.05) is 39.0 Å². The number of hydrogen-bond donors (Lipinski definition) is 1. The molecule has 4 rings (SSSR count). The van der Waals surface area contributed by atoms with Crippen LogP contribution in [0.15, 0.2) is 30.3 Å². The molecule has 1 N–H and O–H groups in total. The van der Waals surface area contributed by atoms with Gasteiger partial charge in [0.05, 0.1) is 5.69 Å². The molecule has 6 heteroatoms. The zero-order valence-corrected chi connectivity index (χ0v) is 15.4. The van der Waals surface area contributed by atoms with E-state index in [-0.39, 0.29) is 11.8 Å². The number of aryl methyl sites for hydroxylation is 4. The molecule has 3 aromatic rings. The zero-order chi connectivity index (χ0) is 18.4. The van der Waals surface area contributed by atoms with Crippen LogP contribution >= 0.6 is 0 Å². The lowest BCUT2D eigenvalue weighted by Gasteiger charge is -2.25.